The van der Waals surface area contributed by atoms with Crippen molar-refractivity contribution >= 4 is 28.0 Å². The van der Waals surface area contributed by atoms with E-state index in [-0.39, 0.29) is 17.1 Å². The minimum absolute atomic E-state index is 0. The molecule has 0 atom stereocenters. The molecule has 4 aromatic heterocycles. The molecular weight excluding hydrogens is 604 g/mol. The van der Waals surface area contributed by atoms with Gasteiger partial charge < -0.3 is 23.7 Å². The van der Waals surface area contributed by atoms with Crippen LogP contribution < -0.4 is 10.4 Å². The molecule has 0 aromatic carbocycles. The predicted molar refractivity (Wildman–Crippen MR) is 176 cm³/mol. The van der Waals surface area contributed by atoms with Crippen LogP contribution in [-0.2, 0) is 17.1 Å². The van der Waals surface area contributed by atoms with Crippen molar-refractivity contribution in [3.8, 4) is 22.8 Å². The van der Waals surface area contributed by atoms with E-state index in [0.717, 1.165) is 44.9 Å². The van der Waals surface area contributed by atoms with E-state index in [1.165, 1.54) is 10.4 Å². The molecular formula is C34H42FeN6Si2. The van der Waals surface area contributed by atoms with Gasteiger partial charge in [-0.1, -0.05) is 79.7 Å². The minimum Gasteiger partial charge on any atom is -0.512 e. The summed E-state index contributed by atoms with van der Waals surface area (Å²) in [7, 11) is -1.07. The molecule has 6 nitrogen and oxygen atoms in total. The van der Waals surface area contributed by atoms with Crippen molar-refractivity contribution in [3.05, 3.63) is 98.6 Å². The number of rotatable bonds is 8. The molecule has 43 heavy (non-hydrogen) atoms. The molecule has 0 saturated heterocycles. The molecule has 0 fully saturated rings. The molecule has 0 saturated carbocycles. The Kier molecular flexibility index (Phi) is 19.5. The smallest absolute Gasteiger partial charge is 0.512 e. The average Bonchev–Trinajstić information content (AvgIpc) is 3.00. The summed E-state index contributed by atoms with van der Waals surface area (Å²) in [4.78, 5) is 17.9. The van der Waals surface area contributed by atoms with Crippen LogP contribution in [0.2, 0.25) is 22.2 Å². The monoisotopic (exact) mass is 646 g/mol. The molecule has 0 N–H and O–H groups in total. The van der Waals surface area contributed by atoms with Crippen LogP contribution >= 0.6 is 0 Å². The standard InChI is InChI=1S/2C16H21N2Si.2CN.Fe/c2*1-12(2)19(13(3)4)14-8-9-16(18-11-14)15-7-5-6-10-17-15;2*1-2;/h2*5-13H,1-4H3;;;/q;;2*-1;+2. The van der Waals surface area contributed by atoms with Gasteiger partial charge >= 0.3 is 17.1 Å². The van der Waals surface area contributed by atoms with Gasteiger partial charge in [0, 0.05) is 24.8 Å². The Bertz CT molecular complexity index is 1190. The van der Waals surface area contributed by atoms with Crippen molar-refractivity contribution in [1.82, 2.24) is 19.9 Å². The van der Waals surface area contributed by atoms with Gasteiger partial charge in [-0.15, -0.1) is 0 Å². The summed E-state index contributed by atoms with van der Waals surface area (Å²) < 4.78 is 0. The SMILES string of the molecule is CC(C)[Si](c1ccc(-c2ccccn2)nc1)C(C)C.CC(C)[Si](c1ccc(-c2ccccn2)nc1)C(C)C.[C-]#N.[C-]#N.[Fe+2]. The zero-order chi connectivity index (χ0) is 31.7. The number of hydrogen-bond acceptors (Lipinski definition) is 6. The Morgan fingerprint density at radius 2 is 0.767 bits per heavy atom. The third-order valence-electron chi connectivity index (χ3n) is 6.54. The first-order valence-corrected chi connectivity index (χ1v) is 17.4. The van der Waals surface area contributed by atoms with Crippen LogP contribution in [0.4, 0.5) is 0 Å². The van der Waals surface area contributed by atoms with E-state index in [1.807, 2.05) is 48.8 Å². The van der Waals surface area contributed by atoms with Crippen LogP contribution in [0, 0.1) is 23.7 Å². The van der Waals surface area contributed by atoms with E-state index in [1.54, 1.807) is 0 Å². The maximum atomic E-state index is 6.25. The Labute approximate surface area is 273 Å². The van der Waals surface area contributed by atoms with Gasteiger partial charge in [0.2, 0.25) is 0 Å². The van der Waals surface area contributed by atoms with Crippen molar-refractivity contribution in [2.45, 2.75) is 77.6 Å². The van der Waals surface area contributed by atoms with Crippen LogP contribution in [0.5, 0.6) is 0 Å². The molecule has 4 rings (SSSR count). The molecule has 0 spiro atoms. The molecule has 2 radical (unpaired) electrons. The van der Waals surface area contributed by atoms with Crippen molar-refractivity contribution in [3.63, 3.8) is 0 Å². The van der Waals surface area contributed by atoms with Gasteiger partial charge in [-0.05, 0) is 68.9 Å². The van der Waals surface area contributed by atoms with E-state index in [0.29, 0.717) is 0 Å². The fourth-order valence-electron chi connectivity index (χ4n) is 5.13. The van der Waals surface area contributed by atoms with E-state index in [9.17, 15) is 0 Å². The van der Waals surface area contributed by atoms with E-state index in [4.69, 9.17) is 23.7 Å². The van der Waals surface area contributed by atoms with E-state index >= 15 is 0 Å². The van der Waals surface area contributed by atoms with Gasteiger partial charge in [0.15, 0.2) is 0 Å². The normalized spacial score (nSPS) is 10.3. The Morgan fingerprint density at radius 3 is 0.977 bits per heavy atom. The fourth-order valence-corrected chi connectivity index (χ4v) is 11.4. The van der Waals surface area contributed by atoms with Gasteiger partial charge in [0.1, 0.15) is 0 Å². The predicted octanol–water partition coefficient (Wildman–Crippen LogP) is 7.52. The zero-order valence-electron chi connectivity index (χ0n) is 26.4. The molecule has 9 heteroatoms. The fraction of sp³-hybridized carbons (Fsp3) is 0.353. The maximum Gasteiger partial charge on any atom is 2.00 e. The van der Waals surface area contributed by atoms with Gasteiger partial charge in [-0.2, -0.15) is 0 Å². The van der Waals surface area contributed by atoms with E-state index < -0.39 is 17.6 Å². The van der Waals surface area contributed by atoms with Crippen molar-refractivity contribution in [2.75, 3.05) is 0 Å². The molecule has 4 heterocycles. The first-order chi connectivity index (χ1) is 20.2. The quantitative estimate of drug-likeness (QED) is 0.145. The second-order valence-electron chi connectivity index (χ2n) is 10.8. The van der Waals surface area contributed by atoms with Crippen LogP contribution in [0.15, 0.2) is 85.5 Å². The Balaban J connectivity index is 0.000000720. The summed E-state index contributed by atoms with van der Waals surface area (Å²) in [6, 6.07) is 20.5. The Morgan fingerprint density at radius 1 is 0.465 bits per heavy atom. The molecule has 0 unspecified atom stereocenters. The third-order valence-corrected chi connectivity index (χ3v) is 13.4. The summed E-state index contributed by atoms with van der Waals surface area (Å²) in [6.07, 6.45) is 7.72. The summed E-state index contributed by atoms with van der Waals surface area (Å²) in [5.74, 6) is 0. The molecule has 224 valence electrons. The van der Waals surface area contributed by atoms with Crippen LogP contribution in [-0.4, -0.2) is 37.5 Å². The first kappa shape index (κ1) is 39.5. The molecule has 0 aliphatic rings. The Hall–Kier alpha value is -3.47. The summed E-state index contributed by atoms with van der Waals surface area (Å²) in [5.41, 5.74) is 6.71. The van der Waals surface area contributed by atoms with Crippen molar-refractivity contribution < 1.29 is 17.1 Å². The second kappa shape index (κ2) is 21.3. The van der Waals surface area contributed by atoms with Crippen molar-refractivity contribution in [2.24, 2.45) is 0 Å². The molecule has 0 bridgehead atoms. The molecule has 0 aliphatic heterocycles. The number of pyridine rings is 4. The van der Waals surface area contributed by atoms with Crippen molar-refractivity contribution in [1.29, 1.82) is 10.5 Å². The summed E-state index contributed by atoms with van der Waals surface area (Å²) in [6.45, 7) is 28.1. The molecule has 4 aromatic rings. The number of hydrogen-bond donors (Lipinski definition) is 0. The number of nitrogens with zero attached hydrogens (tertiary/aromatic N) is 6. The third kappa shape index (κ3) is 12.3. The topological polar surface area (TPSA) is 99.1 Å². The van der Waals surface area contributed by atoms with Crippen LogP contribution in [0.3, 0.4) is 0 Å². The van der Waals surface area contributed by atoms with Crippen LogP contribution in [0.1, 0.15) is 55.4 Å². The summed E-state index contributed by atoms with van der Waals surface area (Å²) >= 11 is 0. The van der Waals surface area contributed by atoms with Gasteiger partial charge in [-0.3, -0.25) is 19.9 Å². The average molecular weight is 647 g/mol. The second-order valence-corrected chi connectivity index (χ2v) is 18.4. The number of aromatic nitrogens is 4. The van der Waals surface area contributed by atoms with E-state index in [2.05, 4.69) is 112 Å². The molecule has 0 amide bonds. The first-order valence-electron chi connectivity index (χ1n) is 14.1. The largest absolute Gasteiger partial charge is 2.00 e. The summed E-state index contributed by atoms with van der Waals surface area (Å²) in [5, 5.41) is 15.4. The molecule has 0 aliphatic carbocycles. The van der Waals surface area contributed by atoms with Crippen LogP contribution in [0.25, 0.3) is 22.8 Å². The zero-order valence-corrected chi connectivity index (χ0v) is 29.5. The van der Waals surface area contributed by atoms with Gasteiger partial charge in [0.05, 0.1) is 40.4 Å². The van der Waals surface area contributed by atoms with Gasteiger partial charge in [0.25, 0.3) is 0 Å². The maximum absolute atomic E-state index is 6.25. The minimum atomic E-state index is -0.537. The van der Waals surface area contributed by atoms with Gasteiger partial charge in [-0.25, -0.2) is 0 Å².